The summed E-state index contributed by atoms with van der Waals surface area (Å²) in [4.78, 5) is 30.9. The van der Waals surface area contributed by atoms with Crippen molar-refractivity contribution in [1.82, 2.24) is 19.1 Å². The number of nitrogens with one attached hydrogen (secondary N) is 1. The first-order chi connectivity index (χ1) is 9.56. The number of hydrogen-bond donors (Lipinski definition) is 3. The molecule has 2 rings (SSSR count). The smallest absolute Gasteiger partial charge is 0.332 e. The SMILES string of the molecule is Cn1c(=O)n(CCCCC(O)CO)c(=O)c2[nH]cnc21. The van der Waals surface area contributed by atoms with Crippen LogP contribution in [0.3, 0.4) is 0 Å². The van der Waals surface area contributed by atoms with Crippen LogP contribution in [0.2, 0.25) is 0 Å². The predicted molar refractivity (Wildman–Crippen MR) is 72.5 cm³/mol. The summed E-state index contributed by atoms with van der Waals surface area (Å²) in [7, 11) is 1.57. The van der Waals surface area contributed by atoms with Crippen molar-refractivity contribution in [2.24, 2.45) is 7.05 Å². The molecule has 0 saturated carbocycles. The number of unbranched alkanes of at least 4 members (excludes halogenated alkanes) is 1. The molecule has 8 nitrogen and oxygen atoms in total. The van der Waals surface area contributed by atoms with E-state index in [1.807, 2.05) is 0 Å². The fourth-order valence-electron chi connectivity index (χ4n) is 2.13. The van der Waals surface area contributed by atoms with Gasteiger partial charge >= 0.3 is 5.69 Å². The van der Waals surface area contributed by atoms with Crippen LogP contribution in [0, 0.1) is 0 Å². The molecule has 2 heterocycles. The van der Waals surface area contributed by atoms with Gasteiger partial charge in [-0.05, 0) is 19.3 Å². The van der Waals surface area contributed by atoms with Crippen molar-refractivity contribution in [3.8, 4) is 0 Å². The van der Waals surface area contributed by atoms with E-state index >= 15 is 0 Å². The van der Waals surface area contributed by atoms with Crippen molar-refractivity contribution < 1.29 is 10.2 Å². The number of fused-ring (bicyclic) bond motifs is 1. The van der Waals surface area contributed by atoms with Crippen LogP contribution < -0.4 is 11.2 Å². The lowest BCUT2D eigenvalue weighted by atomic mass is 10.1. The van der Waals surface area contributed by atoms with Gasteiger partial charge < -0.3 is 15.2 Å². The first-order valence-corrected chi connectivity index (χ1v) is 6.48. The summed E-state index contributed by atoms with van der Waals surface area (Å²) in [6.07, 6.45) is 2.28. The summed E-state index contributed by atoms with van der Waals surface area (Å²) in [6, 6.07) is 0. The maximum absolute atomic E-state index is 12.1. The summed E-state index contributed by atoms with van der Waals surface area (Å²) >= 11 is 0. The fourth-order valence-corrected chi connectivity index (χ4v) is 2.13. The number of H-pyrrole nitrogens is 1. The van der Waals surface area contributed by atoms with Gasteiger partial charge in [0.15, 0.2) is 5.65 Å². The summed E-state index contributed by atoms with van der Waals surface area (Å²) in [5.74, 6) is 0. The fraction of sp³-hybridized carbons (Fsp3) is 0.583. The molecule has 2 aromatic rings. The Morgan fingerprint density at radius 2 is 2.15 bits per heavy atom. The molecule has 8 heteroatoms. The van der Waals surface area contributed by atoms with E-state index in [1.165, 1.54) is 10.9 Å². The highest BCUT2D eigenvalue weighted by molar-refractivity contribution is 5.68. The Labute approximate surface area is 114 Å². The maximum atomic E-state index is 12.1. The van der Waals surface area contributed by atoms with Gasteiger partial charge in [-0.25, -0.2) is 9.78 Å². The highest BCUT2D eigenvalue weighted by atomic mass is 16.3. The number of hydrogen-bond acceptors (Lipinski definition) is 5. The Kier molecular flexibility index (Phi) is 4.35. The number of aromatic nitrogens is 4. The van der Waals surface area contributed by atoms with Gasteiger partial charge in [0.2, 0.25) is 0 Å². The molecule has 0 radical (unpaired) electrons. The monoisotopic (exact) mass is 282 g/mol. The molecule has 0 spiro atoms. The van der Waals surface area contributed by atoms with Gasteiger partial charge in [-0.3, -0.25) is 13.9 Å². The Balaban J connectivity index is 2.18. The third-order valence-electron chi connectivity index (χ3n) is 3.29. The van der Waals surface area contributed by atoms with Crippen molar-refractivity contribution in [2.75, 3.05) is 6.61 Å². The normalized spacial score (nSPS) is 12.9. The lowest BCUT2D eigenvalue weighted by Gasteiger charge is -2.09. The zero-order chi connectivity index (χ0) is 14.7. The van der Waals surface area contributed by atoms with Crippen LogP contribution in [-0.4, -0.2) is 42.0 Å². The summed E-state index contributed by atoms with van der Waals surface area (Å²) < 4.78 is 2.49. The standard InChI is InChI=1S/C12H18N4O4/c1-15-10-9(13-7-14-10)11(19)16(12(15)20)5-3-2-4-8(18)6-17/h7-8,17-18H,2-6H2,1H3,(H,13,14). The molecular formula is C12H18N4O4. The van der Waals surface area contributed by atoms with Crippen molar-refractivity contribution in [2.45, 2.75) is 31.9 Å². The molecule has 110 valence electrons. The van der Waals surface area contributed by atoms with Crippen molar-refractivity contribution in [3.05, 3.63) is 27.2 Å². The maximum Gasteiger partial charge on any atom is 0.332 e. The Bertz CT molecular complexity index is 700. The topological polar surface area (TPSA) is 113 Å². The van der Waals surface area contributed by atoms with Crippen molar-refractivity contribution in [1.29, 1.82) is 0 Å². The molecular weight excluding hydrogens is 264 g/mol. The minimum absolute atomic E-state index is 0.276. The van der Waals surface area contributed by atoms with Gasteiger partial charge in [0, 0.05) is 13.6 Å². The van der Waals surface area contributed by atoms with Gasteiger partial charge in [0.25, 0.3) is 5.56 Å². The summed E-state index contributed by atoms with van der Waals surface area (Å²) in [6.45, 7) is 0.000430. The van der Waals surface area contributed by atoms with Crippen LogP contribution in [0.25, 0.3) is 11.2 Å². The second-order valence-electron chi connectivity index (χ2n) is 4.73. The van der Waals surface area contributed by atoms with Gasteiger partial charge in [-0.1, -0.05) is 0 Å². The highest BCUT2D eigenvalue weighted by Crippen LogP contribution is 2.03. The molecule has 0 fully saturated rings. The number of rotatable bonds is 6. The number of aromatic amines is 1. The van der Waals surface area contributed by atoms with E-state index in [0.29, 0.717) is 30.4 Å². The molecule has 0 saturated heterocycles. The van der Waals surface area contributed by atoms with Crippen molar-refractivity contribution in [3.63, 3.8) is 0 Å². The predicted octanol–water partition coefficient (Wildman–Crippen LogP) is -1.05. The molecule has 3 N–H and O–H groups in total. The number of aryl methyl sites for hydroxylation is 1. The molecule has 0 bridgehead atoms. The summed E-state index contributed by atoms with van der Waals surface area (Å²) in [5, 5.41) is 17.9. The average molecular weight is 282 g/mol. The molecule has 1 unspecified atom stereocenters. The first kappa shape index (κ1) is 14.5. The first-order valence-electron chi connectivity index (χ1n) is 6.48. The molecule has 0 aliphatic heterocycles. The second kappa shape index (κ2) is 6.02. The quantitative estimate of drug-likeness (QED) is 0.585. The third kappa shape index (κ3) is 2.66. The van der Waals surface area contributed by atoms with E-state index < -0.39 is 11.8 Å². The Morgan fingerprint density at radius 1 is 1.40 bits per heavy atom. The van der Waals surface area contributed by atoms with E-state index in [9.17, 15) is 14.7 Å². The van der Waals surface area contributed by atoms with Crippen molar-refractivity contribution >= 4 is 11.2 Å². The molecule has 2 aromatic heterocycles. The second-order valence-corrected chi connectivity index (χ2v) is 4.73. The molecule has 0 amide bonds. The molecule has 0 aliphatic carbocycles. The van der Waals surface area contributed by atoms with E-state index in [1.54, 1.807) is 7.05 Å². The molecule has 0 aliphatic rings. The van der Waals surface area contributed by atoms with Gasteiger partial charge in [0.05, 0.1) is 19.0 Å². The molecule has 0 aromatic carbocycles. The number of aliphatic hydroxyl groups is 2. The number of aliphatic hydroxyl groups excluding tert-OH is 2. The van der Waals surface area contributed by atoms with Gasteiger partial charge in [-0.2, -0.15) is 0 Å². The lowest BCUT2D eigenvalue weighted by molar-refractivity contribution is 0.0858. The van der Waals surface area contributed by atoms with Crippen LogP contribution in [0.5, 0.6) is 0 Å². The minimum Gasteiger partial charge on any atom is -0.394 e. The van der Waals surface area contributed by atoms with Gasteiger partial charge in [-0.15, -0.1) is 0 Å². The van der Waals surface area contributed by atoms with Crippen LogP contribution in [-0.2, 0) is 13.6 Å². The van der Waals surface area contributed by atoms with Crippen LogP contribution in [0.15, 0.2) is 15.9 Å². The summed E-state index contributed by atoms with van der Waals surface area (Å²) in [5.41, 5.74) is -0.143. The third-order valence-corrected chi connectivity index (χ3v) is 3.29. The Hall–Kier alpha value is -1.93. The largest absolute Gasteiger partial charge is 0.394 e. The molecule has 1 atom stereocenters. The highest BCUT2D eigenvalue weighted by Gasteiger charge is 2.12. The lowest BCUT2D eigenvalue weighted by Crippen LogP contribution is -2.39. The molecule has 20 heavy (non-hydrogen) atoms. The zero-order valence-corrected chi connectivity index (χ0v) is 11.2. The van der Waals surface area contributed by atoms with Crippen LogP contribution in [0.4, 0.5) is 0 Å². The Morgan fingerprint density at radius 3 is 2.85 bits per heavy atom. The van der Waals surface area contributed by atoms with E-state index in [-0.39, 0.29) is 18.7 Å². The van der Waals surface area contributed by atoms with E-state index in [2.05, 4.69) is 9.97 Å². The minimum atomic E-state index is -0.746. The average Bonchev–Trinajstić information content (AvgIpc) is 2.93. The van der Waals surface area contributed by atoms with Crippen LogP contribution in [0.1, 0.15) is 19.3 Å². The van der Waals surface area contributed by atoms with Crippen LogP contribution >= 0.6 is 0 Å². The zero-order valence-electron chi connectivity index (χ0n) is 11.2. The number of nitrogens with zero attached hydrogens (tertiary/aromatic N) is 3. The van der Waals surface area contributed by atoms with E-state index in [4.69, 9.17) is 5.11 Å². The van der Waals surface area contributed by atoms with E-state index in [0.717, 1.165) is 4.57 Å². The van der Waals surface area contributed by atoms with Gasteiger partial charge in [0.1, 0.15) is 5.52 Å². The number of imidazole rings is 1.